The van der Waals surface area contributed by atoms with Crippen molar-refractivity contribution in [2.45, 2.75) is 51.0 Å². The number of H-pyrrole nitrogens is 1. The van der Waals surface area contributed by atoms with Crippen LogP contribution in [-0.2, 0) is 9.47 Å². The molecule has 4 rings (SSSR count). The highest BCUT2D eigenvalue weighted by atomic mass is 16.7. The third-order valence-electron chi connectivity index (χ3n) is 5.41. The molecule has 5 atom stereocenters. The molecule has 0 amide bonds. The number of para-hydroxylation sites is 1. The molecular formula is C21H24N2O6. The van der Waals surface area contributed by atoms with Crippen molar-refractivity contribution in [1.82, 2.24) is 9.97 Å². The van der Waals surface area contributed by atoms with Crippen LogP contribution in [0.2, 0.25) is 0 Å². The van der Waals surface area contributed by atoms with E-state index >= 15 is 0 Å². The van der Waals surface area contributed by atoms with Gasteiger partial charge in [-0.2, -0.15) is 0 Å². The first kappa shape index (κ1) is 19.9. The summed E-state index contributed by atoms with van der Waals surface area (Å²) in [4.78, 5) is 20.4. The van der Waals surface area contributed by atoms with Crippen LogP contribution in [0.1, 0.15) is 29.4 Å². The summed E-state index contributed by atoms with van der Waals surface area (Å²) >= 11 is 0. The van der Waals surface area contributed by atoms with Gasteiger partial charge in [0.25, 0.3) is 0 Å². The second kappa shape index (κ2) is 7.81. The summed E-state index contributed by atoms with van der Waals surface area (Å²) in [6, 6.07) is 7.83. The van der Waals surface area contributed by atoms with Crippen LogP contribution in [0.5, 0.6) is 0 Å². The number of pyridine rings is 1. The van der Waals surface area contributed by atoms with Crippen molar-refractivity contribution in [2.24, 2.45) is 0 Å². The van der Waals surface area contributed by atoms with Gasteiger partial charge < -0.3 is 29.8 Å². The van der Waals surface area contributed by atoms with Crippen LogP contribution in [0.4, 0.5) is 0 Å². The van der Waals surface area contributed by atoms with Gasteiger partial charge in [0.05, 0.1) is 18.2 Å². The van der Waals surface area contributed by atoms with Crippen LogP contribution >= 0.6 is 0 Å². The summed E-state index contributed by atoms with van der Waals surface area (Å²) in [7, 11) is 0. The lowest BCUT2D eigenvalue weighted by Crippen LogP contribution is -2.57. The van der Waals surface area contributed by atoms with Crippen LogP contribution in [0.25, 0.3) is 21.8 Å². The van der Waals surface area contributed by atoms with Crippen molar-refractivity contribution < 1.29 is 29.6 Å². The maximum absolute atomic E-state index is 12.8. The molecule has 3 aromatic rings. The molecule has 1 fully saturated rings. The van der Waals surface area contributed by atoms with Gasteiger partial charge in [-0.05, 0) is 25.5 Å². The number of aromatic nitrogens is 2. The van der Waals surface area contributed by atoms with Gasteiger partial charge in [0.1, 0.15) is 24.0 Å². The molecule has 3 heterocycles. The third-order valence-corrected chi connectivity index (χ3v) is 5.41. The van der Waals surface area contributed by atoms with Crippen LogP contribution < -0.4 is 0 Å². The first-order chi connectivity index (χ1) is 13.9. The Kier molecular flexibility index (Phi) is 5.37. The topological polar surface area (TPSA) is 125 Å². The lowest BCUT2D eigenvalue weighted by molar-refractivity contribution is -0.292. The normalized spacial score (nSPS) is 27.6. The molecule has 1 aliphatic heterocycles. The fourth-order valence-electron chi connectivity index (χ4n) is 3.77. The van der Waals surface area contributed by atoms with Crippen LogP contribution in [0, 0.1) is 6.92 Å². The van der Waals surface area contributed by atoms with Crippen LogP contribution in [0.3, 0.4) is 0 Å². The Morgan fingerprint density at radius 2 is 1.97 bits per heavy atom. The molecule has 0 saturated carbocycles. The minimum absolute atomic E-state index is 0.0205. The SMILES string of the molecule is Cc1cnc(C(=O)CCOC2OC(C)C(O)C(O)C2O)c2[nH]c3ccccc3c12. The maximum Gasteiger partial charge on any atom is 0.186 e. The Bertz CT molecular complexity index is 1050. The fraction of sp³-hybridized carbons (Fsp3) is 0.429. The molecule has 5 unspecified atom stereocenters. The lowest BCUT2D eigenvalue weighted by atomic mass is 10.00. The molecule has 29 heavy (non-hydrogen) atoms. The summed E-state index contributed by atoms with van der Waals surface area (Å²) in [5.41, 5.74) is 2.94. The van der Waals surface area contributed by atoms with Crippen molar-refractivity contribution in [2.75, 3.05) is 6.61 Å². The number of ether oxygens (including phenoxy) is 2. The van der Waals surface area contributed by atoms with Gasteiger partial charge in [-0.25, -0.2) is 0 Å². The van der Waals surface area contributed by atoms with Gasteiger partial charge in [-0.15, -0.1) is 0 Å². The monoisotopic (exact) mass is 400 g/mol. The molecule has 8 nitrogen and oxygen atoms in total. The van der Waals surface area contributed by atoms with E-state index in [-0.39, 0.29) is 18.8 Å². The molecule has 2 aromatic heterocycles. The van der Waals surface area contributed by atoms with E-state index in [1.165, 1.54) is 0 Å². The number of ketones is 1. The number of aromatic amines is 1. The second-order valence-corrected chi connectivity index (χ2v) is 7.44. The highest BCUT2D eigenvalue weighted by Gasteiger charge is 2.42. The summed E-state index contributed by atoms with van der Waals surface area (Å²) in [5.74, 6) is -0.208. The van der Waals surface area contributed by atoms with Crippen molar-refractivity contribution >= 4 is 27.6 Å². The number of rotatable bonds is 5. The summed E-state index contributed by atoms with van der Waals surface area (Å²) < 4.78 is 10.8. The number of fused-ring (bicyclic) bond motifs is 3. The molecule has 1 saturated heterocycles. The largest absolute Gasteiger partial charge is 0.388 e. The Balaban J connectivity index is 1.49. The van der Waals surface area contributed by atoms with Crippen molar-refractivity contribution in [3.8, 4) is 0 Å². The summed E-state index contributed by atoms with van der Waals surface area (Å²) in [5, 5.41) is 31.6. The van der Waals surface area contributed by atoms with E-state index in [9.17, 15) is 20.1 Å². The maximum atomic E-state index is 12.8. The number of hydrogen-bond donors (Lipinski definition) is 4. The molecule has 4 N–H and O–H groups in total. The molecule has 1 aromatic carbocycles. The number of Topliss-reactive ketones (excluding diaryl/α,β-unsaturated/α-hetero) is 1. The van der Waals surface area contributed by atoms with E-state index in [1.54, 1.807) is 13.1 Å². The third kappa shape index (κ3) is 3.54. The highest BCUT2D eigenvalue weighted by molar-refractivity contribution is 6.15. The molecular weight excluding hydrogens is 376 g/mol. The molecule has 154 valence electrons. The summed E-state index contributed by atoms with van der Waals surface area (Å²) in [6.07, 6.45) is -4.06. The van der Waals surface area contributed by atoms with Gasteiger partial charge in [0.15, 0.2) is 12.1 Å². The molecule has 1 aliphatic rings. The van der Waals surface area contributed by atoms with E-state index in [4.69, 9.17) is 9.47 Å². The average Bonchev–Trinajstić information content (AvgIpc) is 3.10. The standard InChI is InChI=1S/C21H24N2O6/c1-10-9-22-16(17-15(10)12-5-3-4-6-13(12)23-17)14(24)7-8-28-21-20(27)19(26)18(25)11(2)29-21/h3-6,9,11,18-21,23,25-27H,7-8H2,1-2H3. The van der Waals surface area contributed by atoms with Crippen molar-refractivity contribution in [3.63, 3.8) is 0 Å². The predicted octanol–water partition coefficient (Wildman–Crippen LogP) is 1.44. The lowest BCUT2D eigenvalue weighted by Gasteiger charge is -2.38. The van der Waals surface area contributed by atoms with Crippen molar-refractivity contribution in [3.05, 3.63) is 41.7 Å². The minimum Gasteiger partial charge on any atom is -0.388 e. The molecule has 8 heteroatoms. The minimum atomic E-state index is -1.39. The number of aryl methyl sites for hydroxylation is 1. The van der Waals surface area contributed by atoms with E-state index < -0.39 is 30.7 Å². The Hall–Kier alpha value is -2.36. The number of carbonyl (C=O) groups is 1. The van der Waals surface area contributed by atoms with Gasteiger partial charge in [-0.3, -0.25) is 9.78 Å². The van der Waals surface area contributed by atoms with E-state index in [2.05, 4.69) is 9.97 Å². The fourth-order valence-corrected chi connectivity index (χ4v) is 3.77. The Labute approximate surface area is 167 Å². The molecule has 0 bridgehead atoms. The Morgan fingerprint density at radius 3 is 2.76 bits per heavy atom. The number of nitrogens with zero attached hydrogens (tertiary/aromatic N) is 1. The second-order valence-electron chi connectivity index (χ2n) is 7.44. The van der Waals surface area contributed by atoms with E-state index in [1.807, 2.05) is 31.2 Å². The number of nitrogens with one attached hydrogen (secondary N) is 1. The van der Waals surface area contributed by atoms with Crippen molar-refractivity contribution in [1.29, 1.82) is 0 Å². The van der Waals surface area contributed by atoms with Gasteiger partial charge >= 0.3 is 0 Å². The predicted molar refractivity (Wildman–Crippen MR) is 106 cm³/mol. The zero-order valence-electron chi connectivity index (χ0n) is 16.2. The van der Waals surface area contributed by atoms with E-state index in [0.717, 1.165) is 21.9 Å². The average molecular weight is 400 g/mol. The first-order valence-electron chi connectivity index (χ1n) is 9.59. The number of aliphatic hydroxyl groups is 3. The van der Waals surface area contributed by atoms with E-state index in [0.29, 0.717) is 11.2 Å². The molecule has 0 aliphatic carbocycles. The number of hydrogen-bond acceptors (Lipinski definition) is 7. The number of benzene rings is 1. The van der Waals surface area contributed by atoms with Gasteiger partial charge in [0.2, 0.25) is 0 Å². The van der Waals surface area contributed by atoms with Gasteiger partial charge in [-0.1, -0.05) is 18.2 Å². The smallest absolute Gasteiger partial charge is 0.186 e. The van der Waals surface area contributed by atoms with Crippen LogP contribution in [-0.4, -0.2) is 68.4 Å². The van der Waals surface area contributed by atoms with Crippen LogP contribution in [0.15, 0.2) is 30.5 Å². The zero-order chi connectivity index (χ0) is 20.7. The molecule has 0 spiro atoms. The highest BCUT2D eigenvalue weighted by Crippen LogP contribution is 2.30. The summed E-state index contributed by atoms with van der Waals surface area (Å²) in [6.45, 7) is 3.51. The first-order valence-corrected chi connectivity index (χ1v) is 9.59. The number of aliphatic hydroxyl groups excluding tert-OH is 3. The van der Waals surface area contributed by atoms with Gasteiger partial charge in [0, 0.05) is 28.9 Å². The zero-order valence-corrected chi connectivity index (χ0v) is 16.2. The molecule has 0 radical (unpaired) electrons. The Morgan fingerprint density at radius 1 is 1.21 bits per heavy atom. The quantitative estimate of drug-likeness (QED) is 0.478. The number of carbonyl (C=O) groups excluding carboxylic acids is 1.